The third kappa shape index (κ3) is 1.99. The molecule has 3 aromatic heterocycles. The fourth-order valence-electron chi connectivity index (χ4n) is 2.86. The van der Waals surface area contributed by atoms with Crippen molar-refractivity contribution in [2.75, 3.05) is 0 Å². The number of halogens is 1. The SMILES string of the molecule is CCC(Cl)c1nc2sc3c(c2c(=O)[nH]1)-c1ccsc1CC3. The quantitative estimate of drug-likeness (QED) is 0.700. The minimum absolute atomic E-state index is 0.0642. The van der Waals surface area contributed by atoms with Crippen LogP contribution in [0.15, 0.2) is 16.2 Å². The third-order valence-corrected chi connectivity index (χ3v) is 6.54. The predicted octanol–water partition coefficient (Wildman–Crippen LogP) is 4.50. The molecule has 1 N–H and O–H groups in total. The maximum atomic E-state index is 12.5. The van der Waals surface area contributed by atoms with Crippen LogP contribution in [0.2, 0.25) is 0 Å². The Kier molecular flexibility index (Phi) is 3.17. The molecule has 0 saturated heterocycles. The Morgan fingerprint density at radius 1 is 1.43 bits per heavy atom. The Morgan fingerprint density at radius 3 is 3.05 bits per heavy atom. The molecule has 0 amide bonds. The van der Waals surface area contributed by atoms with Gasteiger partial charge in [-0.25, -0.2) is 4.98 Å². The average molecular weight is 337 g/mol. The summed E-state index contributed by atoms with van der Waals surface area (Å²) in [6, 6.07) is 2.12. The molecular weight excluding hydrogens is 324 g/mol. The van der Waals surface area contributed by atoms with E-state index in [2.05, 4.69) is 21.4 Å². The predicted molar refractivity (Wildman–Crippen MR) is 89.8 cm³/mol. The minimum atomic E-state index is -0.238. The summed E-state index contributed by atoms with van der Waals surface area (Å²) >= 11 is 9.63. The first-order valence-corrected chi connectivity index (χ1v) is 9.08. The molecule has 0 bridgehead atoms. The molecule has 0 radical (unpaired) electrons. The summed E-state index contributed by atoms with van der Waals surface area (Å²) in [6.45, 7) is 1.99. The lowest BCUT2D eigenvalue weighted by molar-refractivity contribution is 0.807. The zero-order valence-corrected chi connectivity index (χ0v) is 13.8. The average Bonchev–Trinajstić information content (AvgIpc) is 3.08. The molecule has 1 aliphatic rings. The van der Waals surface area contributed by atoms with E-state index in [-0.39, 0.29) is 10.9 Å². The molecule has 4 rings (SSSR count). The summed E-state index contributed by atoms with van der Waals surface area (Å²) in [7, 11) is 0. The van der Waals surface area contributed by atoms with E-state index < -0.39 is 0 Å². The van der Waals surface area contributed by atoms with Crippen molar-refractivity contribution in [3.05, 3.63) is 37.4 Å². The van der Waals surface area contributed by atoms with Gasteiger partial charge in [-0.3, -0.25) is 4.79 Å². The van der Waals surface area contributed by atoms with E-state index in [9.17, 15) is 4.79 Å². The summed E-state index contributed by atoms with van der Waals surface area (Å²) in [5.41, 5.74) is 2.25. The van der Waals surface area contributed by atoms with Gasteiger partial charge in [0.05, 0.1) is 10.8 Å². The number of rotatable bonds is 2. The molecule has 108 valence electrons. The number of nitrogens with one attached hydrogen (secondary N) is 1. The Bertz CT molecular complexity index is 893. The molecule has 3 nitrogen and oxygen atoms in total. The van der Waals surface area contributed by atoms with Gasteiger partial charge in [0.1, 0.15) is 10.7 Å². The molecule has 0 fully saturated rings. The highest BCUT2D eigenvalue weighted by Gasteiger charge is 2.25. The Hall–Kier alpha value is -1.17. The number of aromatic amines is 1. The van der Waals surface area contributed by atoms with Crippen molar-refractivity contribution in [1.29, 1.82) is 0 Å². The van der Waals surface area contributed by atoms with Gasteiger partial charge in [0.2, 0.25) is 0 Å². The van der Waals surface area contributed by atoms with Crippen LogP contribution in [0.3, 0.4) is 0 Å². The van der Waals surface area contributed by atoms with E-state index in [1.54, 1.807) is 22.7 Å². The second-order valence-electron chi connectivity index (χ2n) is 5.16. The second-order valence-corrected chi connectivity index (χ2v) is 7.78. The molecule has 1 atom stereocenters. The van der Waals surface area contributed by atoms with Gasteiger partial charge in [0.15, 0.2) is 0 Å². The van der Waals surface area contributed by atoms with Gasteiger partial charge in [0.25, 0.3) is 5.56 Å². The second kappa shape index (κ2) is 4.93. The first-order valence-electron chi connectivity index (χ1n) is 6.95. The molecule has 0 aliphatic heterocycles. The van der Waals surface area contributed by atoms with E-state index in [1.165, 1.54) is 15.3 Å². The molecule has 0 saturated carbocycles. The highest BCUT2D eigenvalue weighted by atomic mass is 35.5. The van der Waals surface area contributed by atoms with Crippen LogP contribution in [-0.2, 0) is 12.8 Å². The molecule has 1 unspecified atom stereocenters. The Labute approximate surface area is 134 Å². The van der Waals surface area contributed by atoms with Gasteiger partial charge >= 0.3 is 0 Å². The van der Waals surface area contributed by atoms with E-state index in [0.29, 0.717) is 5.82 Å². The van der Waals surface area contributed by atoms with E-state index in [1.807, 2.05) is 6.92 Å². The van der Waals surface area contributed by atoms with Crippen LogP contribution >= 0.6 is 34.3 Å². The highest BCUT2D eigenvalue weighted by molar-refractivity contribution is 7.19. The highest BCUT2D eigenvalue weighted by Crippen LogP contribution is 2.44. The van der Waals surface area contributed by atoms with E-state index in [0.717, 1.165) is 35.0 Å². The van der Waals surface area contributed by atoms with Gasteiger partial charge in [-0.05, 0) is 36.3 Å². The third-order valence-electron chi connectivity index (χ3n) is 3.90. The van der Waals surface area contributed by atoms with Crippen molar-refractivity contribution in [3.63, 3.8) is 0 Å². The van der Waals surface area contributed by atoms with Crippen LogP contribution in [0.5, 0.6) is 0 Å². The smallest absolute Gasteiger partial charge is 0.260 e. The molecule has 3 aromatic rings. The fourth-order valence-corrected chi connectivity index (χ4v) is 5.04. The monoisotopic (exact) mass is 336 g/mol. The van der Waals surface area contributed by atoms with Crippen LogP contribution in [0, 0.1) is 0 Å². The van der Waals surface area contributed by atoms with Crippen LogP contribution < -0.4 is 5.56 Å². The molecule has 3 heterocycles. The van der Waals surface area contributed by atoms with Crippen molar-refractivity contribution in [2.45, 2.75) is 31.6 Å². The van der Waals surface area contributed by atoms with Crippen LogP contribution in [0.1, 0.15) is 34.3 Å². The summed E-state index contributed by atoms with van der Waals surface area (Å²) in [5.74, 6) is 0.584. The number of aryl methyl sites for hydroxylation is 2. The first-order chi connectivity index (χ1) is 10.2. The number of aromatic nitrogens is 2. The maximum absolute atomic E-state index is 12.5. The molecular formula is C15H13ClN2OS2. The number of hydrogen-bond acceptors (Lipinski definition) is 4. The summed E-state index contributed by atoms with van der Waals surface area (Å²) in [5, 5.41) is 2.60. The van der Waals surface area contributed by atoms with Gasteiger partial charge < -0.3 is 4.98 Å². The van der Waals surface area contributed by atoms with Crippen LogP contribution in [-0.4, -0.2) is 9.97 Å². The Morgan fingerprint density at radius 2 is 2.24 bits per heavy atom. The molecule has 21 heavy (non-hydrogen) atoms. The zero-order valence-electron chi connectivity index (χ0n) is 11.4. The van der Waals surface area contributed by atoms with E-state index in [4.69, 9.17) is 11.6 Å². The largest absolute Gasteiger partial charge is 0.309 e. The van der Waals surface area contributed by atoms with Gasteiger partial charge in [-0.1, -0.05) is 6.92 Å². The molecule has 6 heteroatoms. The number of H-pyrrole nitrogens is 1. The number of fused-ring (bicyclic) bond motifs is 5. The van der Waals surface area contributed by atoms with Crippen molar-refractivity contribution in [1.82, 2.24) is 9.97 Å². The lowest BCUT2D eigenvalue weighted by Crippen LogP contribution is -2.12. The van der Waals surface area contributed by atoms with Crippen molar-refractivity contribution < 1.29 is 0 Å². The number of alkyl halides is 1. The van der Waals surface area contributed by atoms with Crippen molar-refractivity contribution in [3.8, 4) is 11.1 Å². The molecule has 0 aromatic carbocycles. The van der Waals surface area contributed by atoms with Gasteiger partial charge in [-0.15, -0.1) is 34.3 Å². The summed E-state index contributed by atoms with van der Waals surface area (Å²) in [6.07, 6.45) is 2.80. The van der Waals surface area contributed by atoms with Crippen LogP contribution in [0.25, 0.3) is 21.3 Å². The summed E-state index contributed by atoms with van der Waals surface area (Å²) in [4.78, 5) is 23.5. The van der Waals surface area contributed by atoms with Crippen molar-refractivity contribution in [2.24, 2.45) is 0 Å². The number of hydrogen-bond donors (Lipinski definition) is 1. The topological polar surface area (TPSA) is 45.8 Å². The van der Waals surface area contributed by atoms with E-state index >= 15 is 0 Å². The standard InChI is InChI=1S/C15H13ClN2OS2/c1-2-8(16)13-17-14(19)12-11-7-5-6-20-9(7)3-4-10(11)21-15(12)18-13/h5-6,8H,2-4H2,1H3,(H,17,18,19). The van der Waals surface area contributed by atoms with Crippen LogP contribution in [0.4, 0.5) is 0 Å². The number of nitrogens with zero attached hydrogens (tertiary/aromatic N) is 1. The lowest BCUT2D eigenvalue weighted by Gasteiger charge is -2.11. The first kappa shape index (κ1) is 13.5. The Balaban J connectivity index is 2.03. The van der Waals surface area contributed by atoms with Crippen molar-refractivity contribution >= 4 is 44.5 Å². The normalized spacial score (nSPS) is 15.0. The van der Waals surface area contributed by atoms with Gasteiger partial charge in [0, 0.05) is 15.3 Å². The molecule has 1 aliphatic carbocycles. The zero-order chi connectivity index (χ0) is 14.6. The summed E-state index contributed by atoms with van der Waals surface area (Å²) < 4.78 is 0. The van der Waals surface area contributed by atoms with Gasteiger partial charge in [-0.2, -0.15) is 0 Å². The maximum Gasteiger partial charge on any atom is 0.260 e. The molecule has 0 spiro atoms. The fraction of sp³-hybridized carbons (Fsp3) is 0.333. The number of thiophene rings is 2. The lowest BCUT2D eigenvalue weighted by atomic mass is 9.96. The minimum Gasteiger partial charge on any atom is -0.309 e.